The topological polar surface area (TPSA) is 34.1 Å². The number of rotatable bonds is 2. The fourth-order valence-corrected chi connectivity index (χ4v) is 10.3. The molecule has 4 fully saturated rings. The van der Waals surface area contributed by atoms with Gasteiger partial charge in [-0.2, -0.15) is 0 Å². The molecule has 0 bridgehead atoms. The molecule has 0 saturated heterocycles. The smallest absolute Gasteiger partial charge is 0.150 e. The van der Waals surface area contributed by atoms with Crippen molar-refractivity contribution in [1.29, 1.82) is 0 Å². The summed E-state index contributed by atoms with van der Waals surface area (Å²) < 4.78 is 24.9. The fourth-order valence-electron chi connectivity index (χ4n) is 8.49. The van der Waals surface area contributed by atoms with Crippen LogP contribution >= 0.6 is 0 Å². The van der Waals surface area contributed by atoms with Gasteiger partial charge in [-0.15, -0.1) is 5.73 Å². The average Bonchev–Trinajstić information content (AvgIpc) is 2.92. The zero-order chi connectivity index (χ0) is 18.7. The maximum Gasteiger partial charge on any atom is 0.150 e. The number of hydrogen-bond acceptors (Lipinski definition) is 2. The van der Waals surface area contributed by atoms with Crippen molar-refractivity contribution in [3.8, 4) is 0 Å². The predicted octanol–water partition coefficient (Wildman–Crippen LogP) is 5.40. The van der Waals surface area contributed by atoms with E-state index in [4.69, 9.17) is 0 Å². The number of allylic oxidation sites excluding steroid dienone is 1. The van der Waals surface area contributed by atoms with Gasteiger partial charge >= 0.3 is 0 Å². The third-order valence-corrected chi connectivity index (χ3v) is 11.3. The Balaban J connectivity index is 1.65. The van der Waals surface area contributed by atoms with Gasteiger partial charge in [0.1, 0.15) is 0 Å². The first-order valence-electron chi connectivity index (χ1n) is 10.8. The summed E-state index contributed by atoms with van der Waals surface area (Å²) in [5, 5.41) is -0.103. The maximum absolute atomic E-state index is 12.4. The van der Waals surface area contributed by atoms with E-state index in [9.17, 15) is 8.42 Å². The van der Waals surface area contributed by atoms with Crippen LogP contribution in [0.1, 0.15) is 71.6 Å². The Kier molecular flexibility index (Phi) is 4.52. The molecule has 2 nitrogen and oxygen atoms in total. The molecule has 3 heteroatoms. The van der Waals surface area contributed by atoms with E-state index >= 15 is 0 Å². The summed E-state index contributed by atoms with van der Waals surface area (Å²) in [5.74, 6) is 3.59. The molecule has 4 saturated carbocycles. The molecule has 4 aliphatic rings. The lowest BCUT2D eigenvalue weighted by Crippen LogP contribution is -2.55. The molecule has 0 aromatic heterocycles. The van der Waals surface area contributed by atoms with Crippen LogP contribution in [0.25, 0.3) is 0 Å². The summed E-state index contributed by atoms with van der Waals surface area (Å²) in [5.41, 5.74) is 3.54. The lowest BCUT2D eigenvalue weighted by Gasteiger charge is -2.61. The number of fused-ring (bicyclic) bond motifs is 5. The molecule has 4 rings (SSSR count). The molecule has 26 heavy (non-hydrogen) atoms. The van der Waals surface area contributed by atoms with E-state index in [1.165, 1.54) is 44.8 Å². The van der Waals surface area contributed by atoms with Crippen molar-refractivity contribution < 1.29 is 8.42 Å². The van der Waals surface area contributed by atoms with Gasteiger partial charge in [0.05, 0.1) is 5.25 Å². The average molecular weight is 377 g/mol. The highest BCUT2D eigenvalue weighted by atomic mass is 32.2. The van der Waals surface area contributed by atoms with E-state index in [-0.39, 0.29) is 10.7 Å². The Bertz CT molecular complexity index is 718. The van der Waals surface area contributed by atoms with Crippen LogP contribution < -0.4 is 0 Å². The summed E-state index contributed by atoms with van der Waals surface area (Å²) >= 11 is 0. The van der Waals surface area contributed by atoms with Crippen molar-refractivity contribution >= 4 is 9.84 Å². The van der Waals surface area contributed by atoms with Crippen LogP contribution in [0.2, 0.25) is 0 Å². The van der Waals surface area contributed by atoms with Crippen molar-refractivity contribution in [2.24, 2.45) is 40.4 Å². The molecule has 0 spiro atoms. The summed E-state index contributed by atoms with van der Waals surface area (Å²) in [6.07, 6.45) is 14.7. The Morgan fingerprint density at radius 1 is 0.923 bits per heavy atom. The molecule has 8 atom stereocenters. The third kappa shape index (κ3) is 2.60. The van der Waals surface area contributed by atoms with Gasteiger partial charge in [0, 0.05) is 6.26 Å². The Morgan fingerprint density at radius 2 is 1.62 bits per heavy atom. The van der Waals surface area contributed by atoms with Crippen molar-refractivity contribution in [1.82, 2.24) is 0 Å². The van der Waals surface area contributed by atoms with Gasteiger partial charge in [-0.05, 0) is 97.9 Å². The van der Waals surface area contributed by atoms with E-state index < -0.39 is 9.84 Å². The van der Waals surface area contributed by atoms with Crippen LogP contribution in [0.4, 0.5) is 0 Å². The van der Waals surface area contributed by atoms with E-state index in [0.29, 0.717) is 17.3 Å². The maximum atomic E-state index is 12.4. The summed E-state index contributed by atoms with van der Waals surface area (Å²) in [4.78, 5) is 0. The Morgan fingerprint density at radius 3 is 2.31 bits per heavy atom. The van der Waals surface area contributed by atoms with Gasteiger partial charge in [-0.3, -0.25) is 0 Å². The molecule has 3 unspecified atom stereocenters. The van der Waals surface area contributed by atoms with Crippen molar-refractivity contribution in [3.63, 3.8) is 0 Å². The third-order valence-electron chi connectivity index (χ3n) is 9.47. The van der Waals surface area contributed by atoms with E-state index in [1.807, 2.05) is 0 Å². The Labute approximate surface area is 160 Å². The zero-order valence-electron chi connectivity index (χ0n) is 16.8. The van der Waals surface area contributed by atoms with E-state index in [2.05, 4.69) is 32.2 Å². The quantitative estimate of drug-likeness (QED) is 0.605. The molecule has 0 N–H and O–H groups in total. The standard InChI is InChI=1S/C23H36O2S/c1-5-7-16-8-6-14-22(2)18(16)10-9-17-19-11-12-21(26(4,24)25)23(19,3)15-13-20(17)22/h7,16-21H,1,6,8-15H2,2-4H3/t16?,17-,18?,19-,20-,21?,22-,23-/m0/s1. The molecule has 0 heterocycles. The molecular weight excluding hydrogens is 340 g/mol. The van der Waals surface area contributed by atoms with Crippen molar-refractivity contribution in [2.45, 2.75) is 76.9 Å². The molecule has 0 aromatic rings. The molecule has 0 radical (unpaired) electrons. The molecule has 146 valence electrons. The molecule has 4 aliphatic carbocycles. The van der Waals surface area contributed by atoms with Gasteiger partial charge in [-0.1, -0.05) is 26.8 Å². The van der Waals surface area contributed by atoms with Gasteiger partial charge in [0.15, 0.2) is 9.84 Å². The lowest BCUT2D eigenvalue weighted by molar-refractivity contribution is -0.113. The number of sulfone groups is 1. The molecule has 0 amide bonds. The molecule has 0 aromatic carbocycles. The normalized spacial score (nSPS) is 50.9. The lowest BCUT2D eigenvalue weighted by atomic mass is 9.44. The van der Waals surface area contributed by atoms with Crippen LogP contribution in [0, 0.1) is 40.4 Å². The SMILES string of the molecule is C=C=CC1CCC[C@@]2(C)C1CC[C@@H]1[C@@H]2CC[C@]2(C)C(S(C)(=O)=O)CC[C@@H]12. The van der Waals surface area contributed by atoms with Crippen LogP contribution in [0.3, 0.4) is 0 Å². The minimum atomic E-state index is -2.94. The largest absolute Gasteiger partial charge is 0.229 e. The van der Waals surface area contributed by atoms with E-state index in [1.54, 1.807) is 0 Å². The van der Waals surface area contributed by atoms with E-state index in [0.717, 1.165) is 37.0 Å². The van der Waals surface area contributed by atoms with Crippen molar-refractivity contribution in [3.05, 3.63) is 18.4 Å². The minimum Gasteiger partial charge on any atom is -0.229 e. The summed E-state index contributed by atoms with van der Waals surface area (Å²) in [7, 11) is -2.94. The Hall–Kier alpha value is -0.530. The fraction of sp³-hybridized carbons (Fsp3) is 0.870. The van der Waals surface area contributed by atoms with Crippen LogP contribution in [0.5, 0.6) is 0 Å². The second-order valence-electron chi connectivity index (χ2n) is 10.4. The number of hydrogen-bond donors (Lipinski definition) is 0. The molecular formula is C23H36O2S. The summed E-state index contributed by atoms with van der Waals surface area (Å²) in [6.45, 7) is 8.73. The highest BCUT2D eigenvalue weighted by Gasteiger charge is 2.62. The second-order valence-corrected chi connectivity index (χ2v) is 12.7. The van der Waals surface area contributed by atoms with Crippen LogP contribution in [-0.4, -0.2) is 19.9 Å². The second kappa shape index (κ2) is 6.24. The van der Waals surface area contributed by atoms with Gasteiger partial charge in [0.2, 0.25) is 0 Å². The van der Waals surface area contributed by atoms with Crippen molar-refractivity contribution in [2.75, 3.05) is 6.26 Å². The van der Waals surface area contributed by atoms with Crippen LogP contribution in [-0.2, 0) is 9.84 Å². The zero-order valence-corrected chi connectivity index (χ0v) is 17.7. The highest BCUT2D eigenvalue weighted by Crippen LogP contribution is 2.67. The monoisotopic (exact) mass is 376 g/mol. The first kappa shape index (κ1) is 18.8. The minimum absolute atomic E-state index is 0.0209. The highest BCUT2D eigenvalue weighted by molar-refractivity contribution is 7.91. The first-order chi connectivity index (χ1) is 12.2. The first-order valence-corrected chi connectivity index (χ1v) is 12.7. The van der Waals surface area contributed by atoms with Gasteiger partial charge < -0.3 is 0 Å². The predicted molar refractivity (Wildman–Crippen MR) is 108 cm³/mol. The van der Waals surface area contributed by atoms with Gasteiger partial charge in [0.25, 0.3) is 0 Å². The summed E-state index contributed by atoms with van der Waals surface area (Å²) in [6, 6.07) is 0. The van der Waals surface area contributed by atoms with Crippen LogP contribution in [0.15, 0.2) is 18.4 Å². The van der Waals surface area contributed by atoms with Gasteiger partial charge in [-0.25, -0.2) is 8.42 Å². The molecule has 0 aliphatic heterocycles.